The Balaban J connectivity index is 1.76. The second-order valence-electron chi connectivity index (χ2n) is 6.33. The van der Waals surface area contributed by atoms with Crippen LogP contribution >= 0.6 is 11.8 Å². The molecule has 1 aliphatic heterocycles. The van der Waals surface area contributed by atoms with Crippen molar-refractivity contribution >= 4 is 46.1 Å². The Kier molecular flexibility index (Phi) is 6.73. The van der Waals surface area contributed by atoms with Crippen molar-refractivity contribution in [1.82, 2.24) is 0 Å². The number of aromatic carboxylic acids is 1. The van der Waals surface area contributed by atoms with Crippen molar-refractivity contribution < 1.29 is 24.2 Å². The molecule has 1 aliphatic rings. The summed E-state index contributed by atoms with van der Waals surface area (Å²) < 4.78 is 5.34. The van der Waals surface area contributed by atoms with E-state index in [1.807, 2.05) is 31.2 Å². The molecule has 30 heavy (non-hydrogen) atoms. The van der Waals surface area contributed by atoms with E-state index in [1.54, 1.807) is 7.11 Å². The molecule has 0 spiro atoms. The minimum Gasteiger partial charge on any atom is -0.495 e. The van der Waals surface area contributed by atoms with Gasteiger partial charge in [-0.1, -0.05) is 23.9 Å². The number of ether oxygens (including phenoxy) is 1. The number of amides is 2. The molecule has 0 aromatic heterocycles. The minimum atomic E-state index is -1.07. The first kappa shape index (κ1) is 21.4. The number of carbonyl (C=O) groups excluding carboxylic acids is 2. The van der Waals surface area contributed by atoms with Crippen LogP contribution in [0.3, 0.4) is 0 Å². The van der Waals surface area contributed by atoms with E-state index in [-0.39, 0.29) is 23.8 Å². The fraction of sp³-hybridized carbons (Fsp3) is 0.238. The standard InChI is InChI=1S/C21H21N3O5S/c1-3-22-21(23-15-6-4-5-7-16(15)29-2)30-17-12-18(25)24(19(17)26)14-10-8-13(9-11-14)20(27)28/h4-11,17H,3,12H2,1-2H3,(H,22,23)(H,27,28). The average molecular weight is 427 g/mol. The van der Waals surface area contributed by atoms with E-state index in [4.69, 9.17) is 9.84 Å². The van der Waals surface area contributed by atoms with Gasteiger partial charge in [-0.2, -0.15) is 0 Å². The Morgan fingerprint density at radius 1 is 1.23 bits per heavy atom. The predicted octanol–water partition coefficient (Wildman–Crippen LogP) is 3.25. The first-order valence-corrected chi connectivity index (χ1v) is 10.1. The summed E-state index contributed by atoms with van der Waals surface area (Å²) in [5.74, 6) is -1.14. The second-order valence-corrected chi connectivity index (χ2v) is 7.53. The Hall–Kier alpha value is -3.33. The van der Waals surface area contributed by atoms with E-state index in [1.165, 1.54) is 36.0 Å². The highest BCUT2D eigenvalue weighted by Gasteiger charge is 2.40. The molecular weight excluding hydrogens is 406 g/mol. The number of benzene rings is 2. The lowest BCUT2D eigenvalue weighted by atomic mass is 10.2. The first-order valence-electron chi connectivity index (χ1n) is 9.26. The molecule has 0 bridgehead atoms. The van der Waals surface area contributed by atoms with Crippen LogP contribution in [0.15, 0.2) is 53.5 Å². The van der Waals surface area contributed by atoms with Crippen LogP contribution < -0.4 is 15.0 Å². The second kappa shape index (κ2) is 9.45. The summed E-state index contributed by atoms with van der Waals surface area (Å²) in [6, 6.07) is 13.0. The monoisotopic (exact) mass is 427 g/mol. The maximum atomic E-state index is 12.9. The summed E-state index contributed by atoms with van der Waals surface area (Å²) in [6.07, 6.45) is 0.0283. The van der Waals surface area contributed by atoms with Crippen molar-refractivity contribution in [1.29, 1.82) is 0 Å². The van der Waals surface area contributed by atoms with Gasteiger partial charge in [-0.3, -0.25) is 14.6 Å². The fourth-order valence-corrected chi connectivity index (χ4v) is 4.04. The SMILES string of the molecule is CCN=C(Nc1ccccc1OC)SC1CC(=O)N(c2ccc(C(=O)O)cc2)C1=O. The van der Waals surface area contributed by atoms with E-state index in [9.17, 15) is 14.4 Å². The third-order valence-electron chi connectivity index (χ3n) is 4.38. The van der Waals surface area contributed by atoms with Crippen LogP contribution in [0.5, 0.6) is 5.75 Å². The molecular formula is C21H21N3O5S. The van der Waals surface area contributed by atoms with Crippen LogP contribution in [0.2, 0.25) is 0 Å². The molecule has 3 rings (SSSR count). The number of anilines is 2. The van der Waals surface area contributed by atoms with Gasteiger partial charge in [0.1, 0.15) is 11.0 Å². The lowest BCUT2D eigenvalue weighted by Gasteiger charge is -2.16. The number of rotatable bonds is 6. The molecule has 1 fully saturated rings. The van der Waals surface area contributed by atoms with Gasteiger partial charge in [0.25, 0.3) is 0 Å². The average Bonchev–Trinajstić information content (AvgIpc) is 3.01. The van der Waals surface area contributed by atoms with Gasteiger partial charge < -0.3 is 15.2 Å². The number of carboxylic acids is 1. The predicted molar refractivity (Wildman–Crippen MR) is 116 cm³/mol. The van der Waals surface area contributed by atoms with Gasteiger partial charge in [0.15, 0.2) is 5.17 Å². The Morgan fingerprint density at radius 2 is 1.93 bits per heavy atom. The number of hydrogen-bond donors (Lipinski definition) is 2. The van der Waals surface area contributed by atoms with Crippen LogP contribution in [-0.2, 0) is 9.59 Å². The molecule has 1 atom stereocenters. The van der Waals surface area contributed by atoms with E-state index >= 15 is 0 Å². The van der Waals surface area contributed by atoms with Gasteiger partial charge in [0, 0.05) is 13.0 Å². The van der Waals surface area contributed by atoms with Gasteiger partial charge >= 0.3 is 5.97 Å². The van der Waals surface area contributed by atoms with Gasteiger partial charge in [0.05, 0.1) is 24.0 Å². The van der Waals surface area contributed by atoms with Crippen molar-refractivity contribution in [3.05, 3.63) is 54.1 Å². The van der Waals surface area contributed by atoms with Crippen molar-refractivity contribution in [2.75, 3.05) is 23.9 Å². The molecule has 1 unspecified atom stereocenters. The largest absolute Gasteiger partial charge is 0.495 e. The Morgan fingerprint density at radius 3 is 2.57 bits per heavy atom. The molecule has 2 aromatic carbocycles. The maximum Gasteiger partial charge on any atom is 0.335 e. The molecule has 0 saturated carbocycles. The number of amidine groups is 1. The van der Waals surface area contributed by atoms with Crippen molar-refractivity contribution in [2.45, 2.75) is 18.6 Å². The molecule has 1 saturated heterocycles. The highest BCUT2D eigenvalue weighted by Crippen LogP contribution is 2.32. The number of aliphatic imine (C=N–C) groups is 1. The van der Waals surface area contributed by atoms with Crippen molar-refractivity contribution in [3.8, 4) is 5.75 Å². The zero-order chi connectivity index (χ0) is 21.7. The maximum absolute atomic E-state index is 12.9. The molecule has 1 heterocycles. The van der Waals surface area contributed by atoms with Crippen LogP contribution in [0.4, 0.5) is 11.4 Å². The number of methoxy groups -OCH3 is 1. The van der Waals surface area contributed by atoms with E-state index in [2.05, 4.69) is 10.3 Å². The summed E-state index contributed by atoms with van der Waals surface area (Å²) in [5.41, 5.74) is 1.14. The number of carboxylic acid groups (broad SMARTS) is 1. The summed E-state index contributed by atoms with van der Waals surface area (Å²) in [5, 5.41) is 12.1. The molecule has 8 nitrogen and oxygen atoms in total. The number of nitrogens with one attached hydrogen (secondary N) is 1. The van der Waals surface area contributed by atoms with Gasteiger partial charge in [-0.15, -0.1) is 0 Å². The topological polar surface area (TPSA) is 108 Å². The molecule has 9 heteroatoms. The molecule has 0 radical (unpaired) electrons. The highest BCUT2D eigenvalue weighted by atomic mass is 32.2. The van der Waals surface area contributed by atoms with E-state index < -0.39 is 11.2 Å². The van der Waals surface area contributed by atoms with Crippen LogP contribution in [0.1, 0.15) is 23.7 Å². The fourth-order valence-electron chi connectivity index (χ4n) is 2.97. The molecule has 2 aromatic rings. The molecule has 156 valence electrons. The van der Waals surface area contributed by atoms with E-state index in [0.717, 1.165) is 4.90 Å². The van der Waals surface area contributed by atoms with Gasteiger partial charge in [-0.05, 0) is 43.3 Å². The van der Waals surface area contributed by atoms with Gasteiger partial charge in [-0.25, -0.2) is 9.69 Å². The zero-order valence-electron chi connectivity index (χ0n) is 16.5. The third kappa shape index (κ3) is 4.62. The van der Waals surface area contributed by atoms with Crippen molar-refractivity contribution in [2.24, 2.45) is 4.99 Å². The van der Waals surface area contributed by atoms with Crippen LogP contribution in [-0.4, -0.2) is 47.0 Å². The zero-order valence-corrected chi connectivity index (χ0v) is 17.3. The van der Waals surface area contributed by atoms with Crippen LogP contribution in [0.25, 0.3) is 0 Å². The lowest BCUT2D eigenvalue weighted by Crippen LogP contribution is -2.31. The minimum absolute atomic E-state index is 0.0283. The molecule has 2 N–H and O–H groups in total. The quantitative estimate of drug-likeness (QED) is 0.414. The lowest BCUT2D eigenvalue weighted by molar-refractivity contribution is -0.121. The third-order valence-corrected chi connectivity index (χ3v) is 5.49. The summed E-state index contributed by atoms with van der Waals surface area (Å²) >= 11 is 1.19. The number of imide groups is 1. The first-order chi connectivity index (χ1) is 14.4. The normalized spacial score (nSPS) is 16.7. The van der Waals surface area contributed by atoms with E-state index in [0.29, 0.717) is 28.8 Å². The Labute approximate surface area is 177 Å². The highest BCUT2D eigenvalue weighted by molar-refractivity contribution is 8.15. The summed E-state index contributed by atoms with van der Waals surface area (Å²) in [4.78, 5) is 41.9. The molecule has 2 amide bonds. The number of para-hydroxylation sites is 2. The smallest absolute Gasteiger partial charge is 0.335 e. The number of thioether (sulfide) groups is 1. The number of carbonyl (C=O) groups is 3. The van der Waals surface area contributed by atoms with Gasteiger partial charge in [0.2, 0.25) is 11.8 Å². The van der Waals surface area contributed by atoms with Crippen LogP contribution in [0, 0.1) is 0 Å². The number of hydrogen-bond acceptors (Lipinski definition) is 6. The summed E-state index contributed by atoms with van der Waals surface area (Å²) in [6.45, 7) is 2.38. The Bertz CT molecular complexity index is 990. The summed E-state index contributed by atoms with van der Waals surface area (Å²) in [7, 11) is 1.57. The number of nitrogens with zero attached hydrogens (tertiary/aromatic N) is 2. The molecule has 0 aliphatic carbocycles. The van der Waals surface area contributed by atoms with Crippen molar-refractivity contribution in [3.63, 3.8) is 0 Å².